The number of para-hydroxylation sites is 1. The van der Waals surface area contributed by atoms with Crippen LogP contribution in [0.5, 0.6) is 0 Å². The molecule has 0 N–H and O–H groups in total. The minimum atomic E-state index is 1.25. The van der Waals surface area contributed by atoms with Crippen LogP contribution in [0.15, 0.2) is 140 Å². The van der Waals surface area contributed by atoms with Crippen LogP contribution in [0.3, 0.4) is 0 Å². The minimum Gasteiger partial charge on any atom is -0.308 e. The van der Waals surface area contributed by atoms with Crippen molar-refractivity contribution in [2.24, 2.45) is 0 Å². The van der Waals surface area contributed by atoms with Gasteiger partial charge in [0.15, 0.2) is 0 Å². The number of hydrogen-bond donors (Lipinski definition) is 0. The molecule has 0 bridgehead atoms. The second-order valence-electron chi connectivity index (χ2n) is 10.6. The van der Waals surface area contributed by atoms with Crippen molar-refractivity contribution in [1.82, 2.24) is 4.40 Å². The molecule has 0 spiro atoms. The Hall–Kier alpha value is -5.14. The summed E-state index contributed by atoms with van der Waals surface area (Å²) in [7, 11) is 0. The number of benzene rings is 7. The van der Waals surface area contributed by atoms with Gasteiger partial charge in [0.1, 0.15) is 0 Å². The van der Waals surface area contributed by atoms with E-state index in [0.29, 0.717) is 0 Å². The normalized spacial score (nSPS) is 12.1. The molecule has 0 atom stereocenters. The van der Waals surface area contributed by atoms with Crippen molar-refractivity contribution in [2.75, 3.05) is 0 Å². The summed E-state index contributed by atoms with van der Waals surface area (Å²) in [6.45, 7) is 0. The predicted octanol–water partition coefficient (Wildman–Crippen LogP) is 10.5. The third kappa shape index (κ3) is 2.85. The Kier molecular flexibility index (Phi) is 4.11. The number of fused-ring (bicyclic) bond motifs is 9. The second kappa shape index (κ2) is 7.69. The lowest BCUT2D eigenvalue weighted by atomic mass is 9.91. The second-order valence-corrected chi connectivity index (χ2v) is 10.6. The predicted molar refractivity (Wildman–Crippen MR) is 167 cm³/mol. The first-order valence-corrected chi connectivity index (χ1v) is 13.5. The molecule has 0 saturated carbocycles. The topological polar surface area (TPSA) is 4.41 Å². The molecule has 0 radical (unpaired) electrons. The Morgan fingerprint density at radius 1 is 0.333 bits per heavy atom. The molecular weight excluding hydrogens is 470 g/mol. The summed E-state index contributed by atoms with van der Waals surface area (Å²) >= 11 is 0. The lowest BCUT2D eigenvalue weighted by Crippen LogP contribution is -1.85. The van der Waals surface area contributed by atoms with Crippen molar-refractivity contribution in [3.05, 3.63) is 140 Å². The highest BCUT2D eigenvalue weighted by Crippen LogP contribution is 2.44. The van der Waals surface area contributed by atoms with Crippen molar-refractivity contribution in [1.29, 1.82) is 0 Å². The third-order valence-electron chi connectivity index (χ3n) is 8.48. The largest absolute Gasteiger partial charge is 0.308 e. The van der Waals surface area contributed by atoms with E-state index in [9.17, 15) is 0 Å². The van der Waals surface area contributed by atoms with Crippen LogP contribution < -0.4 is 0 Å². The third-order valence-corrected chi connectivity index (χ3v) is 8.48. The van der Waals surface area contributed by atoms with Gasteiger partial charge in [0.2, 0.25) is 0 Å². The van der Waals surface area contributed by atoms with Crippen LogP contribution in [-0.4, -0.2) is 4.40 Å². The minimum absolute atomic E-state index is 1.25. The molecule has 2 aromatic heterocycles. The van der Waals surface area contributed by atoms with Gasteiger partial charge in [-0.15, -0.1) is 0 Å². The van der Waals surface area contributed by atoms with Gasteiger partial charge in [-0.2, -0.15) is 0 Å². The highest BCUT2D eigenvalue weighted by Gasteiger charge is 2.20. The van der Waals surface area contributed by atoms with Gasteiger partial charge >= 0.3 is 0 Å². The van der Waals surface area contributed by atoms with Crippen molar-refractivity contribution in [3.8, 4) is 22.3 Å². The first kappa shape index (κ1) is 20.9. The van der Waals surface area contributed by atoms with E-state index in [2.05, 4.69) is 144 Å². The van der Waals surface area contributed by atoms with Crippen LogP contribution in [-0.2, 0) is 0 Å². The molecule has 9 rings (SSSR count). The Bertz CT molecular complexity index is 2370. The zero-order valence-corrected chi connectivity index (χ0v) is 21.2. The molecule has 0 aliphatic rings. The molecule has 0 amide bonds. The first-order valence-electron chi connectivity index (χ1n) is 13.5. The lowest BCUT2D eigenvalue weighted by molar-refractivity contribution is 1.37. The van der Waals surface area contributed by atoms with Crippen molar-refractivity contribution in [3.63, 3.8) is 0 Å². The highest BCUT2D eigenvalue weighted by atomic mass is 14.9. The monoisotopic (exact) mass is 493 g/mol. The van der Waals surface area contributed by atoms with E-state index < -0.39 is 0 Å². The fourth-order valence-electron chi connectivity index (χ4n) is 6.76. The zero-order chi connectivity index (χ0) is 25.5. The quantitative estimate of drug-likeness (QED) is 0.211. The Labute approximate surface area is 225 Å². The van der Waals surface area contributed by atoms with E-state index >= 15 is 0 Å². The van der Waals surface area contributed by atoms with Crippen LogP contribution in [0.1, 0.15) is 0 Å². The van der Waals surface area contributed by atoms with E-state index in [4.69, 9.17) is 0 Å². The van der Waals surface area contributed by atoms with Gasteiger partial charge in [-0.25, -0.2) is 0 Å². The fourth-order valence-corrected chi connectivity index (χ4v) is 6.76. The maximum atomic E-state index is 2.46. The molecule has 0 fully saturated rings. The molecule has 0 saturated heterocycles. The summed E-state index contributed by atoms with van der Waals surface area (Å²) in [5.41, 5.74) is 8.88. The van der Waals surface area contributed by atoms with Gasteiger partial charge in [-0.05, 0) is 80.2 Å². The maximum absolute atomic E-state index is 2.46. The molecule has 0 aliphatic carbocycles. The highest BCUT2D eigenvalue weighted by molar-refractivity contribution is 6.25. The lowest BCUT2D eigenvalue weighted by Gasteiger charge is -2.12. The SMILES string of the molecule is c1ccc(-c2ccc3c(c2)c2cc(-c4cc5ccccc5c5ccccc45)cc4c5ccccc5n3c42)cc1. The summed E-state index contributed by atoms with van der Waals surface area (Å²) in [5.74, 6) is 0. The van der Waals surface area contributed by atoms with Crippen LogP contribution >= 0.6 is 0 Å². The molecular formula is C38H23N. The Morgan fingerprint density at radius 2 is 0.949 bits per heavy atom. The summed E-state index contributed by atoms with van der Waals surface area (Å²) < 4.78 is 2.46. The van der Waals surface area contributed by atoms with Gasteiger partial charge in [-0.1, -0.05) is 103 Å². The molecule has 1 nitrogen and oxygen atoms in total. The van der Waals surface area contributed by atoms with Gasteiger partial charge in [0.25, 0.3) is 0 Å². The first-order chi connectivity index (χ1) is 19.3. The standard InChI is InChI=1S/C38H23N/c1-2-10-24(11-3-1)25-18-19-37-33(20-25)35-23-27(22-34-31-16-8-9-17-36(31)39(37)38(34)35)32-21-26-12-4-5-13-28(26)29-14-6-7-15-30(29)32/h1-23H. The van der Waals surface area contributed by atoms with E-state index in [1.807, 2.05) is 0 Å². The molecule has 0 unspecified atom stereocenters. The van der Waals surface area contributed by atoms with Crippen LogP contribution in [0.25, 0.3) is 81.9 Å². The maximum Gasteiger partial charge on any atom is 0.0620 e. The molecule has 2 heterocycles. The summed E-state index contributed by atoms with van der Waals surface area (Å²) in [6, 6.07) is 51.3. The van der Waals surface area contributed by atoms with E-state index in [1.165, 1.54) is 81.9 Å². The number of rotatable bonds is 2. The van der Waals surface area contributed by atoms with Crippen molar-refractivity contribution < 1.29 is 0 Å². The summed E-state index contributed by atoms with van der Waals surface area (Å²) in [4.78, 5) is 0. The average molecular weight is 494 g/mol. The Balaban J connectivity index is 1.45. The molecule has 180 valence electrons. The zero-order valence-electron chi connectivity index (χ0n) is 21.2. The number of hydrogen-bond acceptors (Lipinski definition) is 0. The number of nitrogens with zero attached hydrogens (tertiary/aromatic N) is 1. The van der Waals surface area contributed by atoms with Crippen LogP contribution in [0.2, 0.25) is 0 Å². The summed E-state index contributed by atoms with van der Waals surface area (Å²) in [6.07, 6.45) is 0. The summed E-state index contributed by atoms with van der Waals surface area (Å²) in [5, 5.41) is 10.4. The molecule has 7 aromatic carbocycles. The van der Waals surface area contributed by atoms with Gasteiger partial charge in [0.05, 0.1) is 16.6 Å². The Morgan fingerprint density at radius 3 is 1.79 bits per heavy atom. The molecule has 9 aromatic rings. The van der Waals surface area contributed by atoms with Crippen molar-refractivity contribution >= 4 is 59.6 Å². The number of aromatic nitrogens is 1. The smallest absolute Gasteiger partial charge is 0.0620 e. The molecule has 1 heteroatoms. The fraction of sp³-hybridized carbons (Fsp3) is 0. The van der Waals surface area contributed by atoms with Crippen molar-refractivity contribution in [2.45, 2.75) is 0 Å². The van der Waals surface area contributed by atoms with Crippen LogP contribution in [0.4, 0.5) is 0 Å². The van der Waals surface area contributed by atoms with E-state index in [0.717, 1.165) is 0 Å². The van der Waals surface area contributed by atoms with E-state index in [1.54, 1.807) is 0 Å². The van der Waals surface area contributed by atoms with Gasteiger partial charge in [-0.3, -0.25) is 0 Å². The molecule has 39 heavy (non-hydrogen) atoms. The molecule has 0 aliphatic heterocycles. The van der Waals surface area contributed by atoms with E-state index in [-0.39, 0.29) is 0 Å². The van der Waals surface area contributed by atoms with Gasteiger partial charge in [0, 0.05) is 21.5 Å². The van der Waals surface area contributed by atoms with Crippen LogP contribution in [0, 0.1) is 0 Å². The van der Waals surface area contributed by atoms with Gasteiger partial charge < -0.3 is 4.40 Å². The average Bonchev–Trinajstić information content (AvgIpc) is 3.52.